The molecule has 1 aromatic heterocycles. The van der Waals surface area contributed by atoms with Crippen molar-refractivity contribution in [3.05, 3.63) is 40.4 Å². The van der Waals surface area contributed by atoms with Crippen LogP contribution < -0.4 is 15.5 Å². The molecule has 0 saturated carbocycles. The van der Waals surface area contributed by atoms with Crippen LogP contribution in [0.3, 0.4) is 0 Å². The summed E-state index contributed by atoms with van der Waals surface area (Å²) in [7, 11) is 2.09. The molecule has 2 amide bonds. The highest BCUT2D eigenvalue weighted by atomic mass is 35.5. The highest BCUT2D eigenvalue weighted by Gasteiger charge is 2.19. The van der Waals surface area contributed by atoms with Crippen LogP contribution in [0.1, 0.15) is 11.4 Å². The zero-order valence-electron chi connectivity index (χ0n) is 15.5. The van der Waals surface area contributed by atoms with E-state index < -0.39 is 11.8 Å². The van der Waals surface area contributed by atoms with Gasteiger partial charge in [-0.25, -0.2) is 19.2 Å². The van der Waals surface area contributed by atoms with Gasteiger partial charge in [0.25, 0.3) is 0 Å². The summed E-state index contributed by atoms with van der Waals surface area (Å²) < 4.78 is 13.2. The van der Waals surface area contributed by atoms with E-state index in [1.165, 1.54) is 18.2 Å². The lowest BCUT2D eigenvalue weighted by Gasteiger charge is -2.32. The molecule has 27 heavy (non-hydrogen) atoms. The van der Waals surface area contributed by atoms with Crippen LogP contribution in [0, 0.1) is 19.7 Å². The molecule has 2 N–H and O–H groups in total. The molecule has 9 heteroatoms. The van der Waals surface area contributed by atoms with E-state index >= 15 is 0 Å². The molecular formula is C18H22ClFN6O. The maximum atomic E-state index is 13.2. The minimum Gasteiger partial charge on any atom is -0.338 e. The van der Waals surface area contributed by atoms with Gasteiger partial charge in [0.05, 0.1) is 22.1 Å². The molecule has 0 aliphatic carbocycles. The lowest BCUT2D eigenvalue weighted by atomic mass is 10.2. The number of aromatic nitrogens is 2. The van der Waals surface area contributed by atoms with Crippen LogP contribution in [-0.4, -0.2) is 54.1 Å². The third-order valence-corrected chi connectivity index (χ3v) is 4.75. The molecule has 1 aliphatic heterocycles. The van der Waals surface area contributed by atoms with Gasteiger partial charge in [0.2, 0.25) is 5.95 Å². The first-order valence-electron chi connectivity index (χ1n) is 8.65. The number of aryl methyl sites for hydroxylation is 2. The third-order valence-electron chi connectivity index (χ3n) is 4.46. The van der Waals surface area contributed by atoms with Gasteiger partial charge in [0, 0.05) is 31.9 Å². The average molecular weight is 393 g/mol. The standard InChI is InChI=1S/C18H22ClFN6O/c1-11-16(24-18(27)23-13-4-5-15(20)14(19)10-13)12(2)22-17(21-11)26-8-6-25(3)7-9-26/h4-5,10H,6-9H2,1-3H3,(H2,23,24,27). The zero-order chi connectivity index (χ0) is 19.6. The summed E-state index contributed by atoms with van der Waals surface area (Å²) in [5.41, 5.74) is 2.32. The van der Waals surface area contributed by atoms with E-state index in [9.17, 15) is 9.18 Å². The minimum absolute atomic E-state index is 0.0555. The fourth-order valence-corrected chi connectivity index (χ4v) is 3.06. The Bertz CT molecular complexity index is 831. The van der Waals surface area contributed by atoms with Crippen LogP contribution in [0.4, 0.5) is 26.5 Å². The van der Waals surface area contributed by atoms with Crippen molar-refractivity contribution < 1.29 is 9.18 Å². The average Bonchev–Trinajstić information content (AvgIpc) is 2.62. The number of benzene rings is 1. The molecule has 1 fully saturated rings. The lowest BCUT2D eigenvalue weighted by Crippen LogP contribution is -2.45. The Morgan fingerprint density at radius 2 is 1.74 bits per heavy atom. The van der Waals surface area contributed by atoms with E-state index in [2.05, 4.69) is 37.4 Å². The number of hydrogen-bond donors (Lipinski definition) is 2. The number of rotatable bonds is 3. The van der Waals surface area contributed by atoms with Gasteiger partial charge in [-0.3, -0.25) is 0 Å². The summed E-state index contributed by atoms with van der Waals surface area (Å²) in [6.07, 6.45) is 0. The van der Waals surface area contributed by atoms with Crippen LogP contribution in [0.5, 0.6) is 0 Å². The fourth-order valence-electron chi connectivity index (χ4n) is 2.88. The maximum Gasteiger partial charge on any atom is 0.323 e. The summed E-state index contributed by atoms with van der Waals surface area (Å²) in [6, 6.07) is 3.51. The Hall–Kier alpha value is -2.45. The molecule has 1 aliphatic rings. The van der Waals surface area contributed by atoms with E-state index in [0.717, 1.165) is 26.2 Å². The number of amides is 2. The number of likely N-dealkylation sites (N-methyl/N-ethyl adjacent to an activating group) is 1. The van der Waals surface area contributed by atoms with E-state index in [1.54, 1.807) is 0 Å². The second-order valence-electron chi connectivity index (χ2n) is 6.57. The van der Waals surface area contributed by atoms with Crippen molar-refractivity contribution in [3.8, 4) is 0 Å². The van der Waals surface area contributed by atoms with Crippen molar-refractivity contribution in [2.75, 3.05) is 48.8 Å². The first-order valence-corrected chi connectivity index (χ1v) is 9.03. The molecule has 1 saturated heterocycles. The topological polar surface area (TPSA) is 73.4 Å². The van der Waals surface area contributed by atoms with Crippen molar-refractivity contribution in [1.29, 1.82) is 0 Å². The smallest absolute Gasteiger partial charge is 0.323 e. The SMILES string of the molecule is Cc1nc(N2CCN(C)CC2)nc(C)c1NC(=O)Nc1ccc(F)c(Cl)c1. The molecular weight excluding hydrogens is 371 g/mol. The highest BCUT2D eigenvalue weighted by Crippen LogP contribution is 2.23. The van der Waals surface area contributed by atoms with Gasteiger partial charge in [0.1, 0.15) is 5.82 Å². The molecule has 144 valence electrons. The summed E-state index contributed by atoms with van der Waals surface area (Å²) >= 11 is 5.73. The van der Waals surface area contributed by atoms with Gasteiger partial charge < -0.3 is 20.4 Å². The molecule has 2 aromatic rings. The van der Waals surface area contributed by atoms with Gasteiger partial charge in [-0.15, -0.1) is 0 Å². The normalized spacial score (nSPS) is 14.9. The number of urea groups is 1. The second kappa shape index (κ2) is 8.06. The van der Waals surface area contributed by atoms with Crippen LogP contribution in [0.15, 0.2) is 18.2 Å². The molecule has 0 atom stereocenters. The molecule has 0 radical (unpaired) electrons. The van der Waals surface area contributed by atoms with Gasteiger partial charge in [-0.1, -0.05) is 11.6 Å². The molecule has 1 aromatic carbocycles. The Balaban J connectivity index is 1.71. The fraction of sp³-hybridized carbons (Fsp3) is 0.389. The molecule has 0 spiro atoms. The number of halogens is 2. The van der Waals surface area contributed by atoms with Crippen molar-refractivity contribution in [3.63, 3.8) is 0 Å². The Morgan fingerprint density at radius 3 is 2.33 bits per heavy atom. The van der Waals surface area contributed by atoms with Crippen molar-refractivity contribution in [1.82, 2.24) is 14.9 Å². The first kappa shape index (κ1) is 19.3. The first-order chi connectivity index (χ1) is 12.8. The second-order valence-corrected chi connectivity index (χ2v) is 6.97. The molecule has 0 unspecified atom stereocenters. The summed E-state index contributed by atoms with van der Waals surface area (Å²) in [4.78, 5) is 25.8. The number of nitrogens with zero attached hydrogens (tertiary/aromatic N) is 4. The number of carbonyl (C=O) groups excluding carboxylic acids is 1. The number of nitrogens with one attached hydrogen (secondary N) is 2. The van der Waals surface area contributed by atoms with Crippen LogP contribution in [0.2, 0.25) is 5.02 Å². The maximum absolute atomic E-state index is 13.2. The quantitative estimate of drug-likeness (QED) is 0.838. The zero-order valence-corrected chi connectivity index (χ0v) is 16.3. The summed E-state index contributed by atoms with van der Waals surface area (Å²) in [5.74, 6) is 0.136. The van der Waals surface area contributed by atoms with Crippen LogP contribution in [-0.2, 0) is 0 Å². The van der Waals surface area contributed by atoms with Gasteiger partial charge in [-0.2, -0.15) is 0 Å². The third kappa shape index (κ3) is 4.64. The molecule has 2 heterocycles. The van der Waals surface area contributed by atoms with Crippen molar-refractivity contribution >= 4 is 35.0 Å². The van der Waals surface area contributed by atoms with Crippen molar-refractivity contribution in [2.24, 2.45) is 0 Å². The van der Waals surface area contributed by atoms with E-state index in [4.69, 9.17) is 11.6 Å². The summed E-state index contributed by atoms with van der Waals surface area (Å²) in [5, 5.41) is 5.33. The number of hydrogen-bond acceptors (Lipinski definition) is 5. The van der Waals surface area contributed by atoms with E-state index in [1.807, 2.05) is 13.8 Å². The highest BCUT2D eigenvalue weighted by molar-refractivity contribution is 6.31. The van der Waals surface area contributed by atoms with Gasteiger partial charge in [0.15, 0.2) is 0 Å². The number of piperazine rings is 1. The van der Waals surface area contributed by atoms with E-state index in [-0.39, 0.29) is 5.02 Å². The lowest BCUT2D eigenvalue weighted by molar-refractivity contribution is 0.262. The predicted octanol–water partition coefficient (Wildman–Crippen LogP) is 3.28. The molecule has 3 rings (SSSR count). The van der Waals surface area contributed by atoms with E-state index in [0.29, 0.717) is 28.7 Å². The molecule has 7 nitrogen and oxygen atoms in total. The van der Waals surface area contributed by atoms with Crippen LogP contribution >= 0.6 is 11.6 Å². The Kier molecular flexibility index (Phi) is 5.76. The number of anilines is 3. The largest absolute Gasteiger partial charge is 0.338 e. The monoisotopic (exact) mass is 392 g/mol. The van der Waals surface area contributed by atoms with Gasteiger partial charge in [-0.05, 0) is 39.1 Å². The van der Waals surface area contributed by atoms with Crippen molar-refractivity contribution in [2.45, 2.75) is 13.8 Å². The van der Waals surface area contributed by atoms with Crippen LogP contribution in [0.25, 0.3) is 0 Å². The minimum atomic E-state index is -0.540. The molecule has 0 bridgehead atoms. The number of carbonyl (C=O) groups is 1. The summed E-state index contributed by atoms with van der Waals surface area (Å²) in [6.45, 7) is 7.33. The predicted molar refractivity (Wildman–Crippen MR) is 105 cm³/mol. The Labute approximate surface area is 162 Å². The van der Waals surface area contributed by atoms with Gasteiger partial charge >= 0.3 is 6.03 Å². The Morgan fingerprint density at radius 1 is 1.11 bits per heavy atom.